The molecule has 8 nitrogen and oxygen atoms in total. The van der Waals surface area contributed by atoms with E-state index in [0.717, 1.165) is 0 Å². The highest BCUT2D eigenvalue weighted by Crippen LogP contribution is 2.22. The van der Waals surface area contributed by atoms with Crippen molar-refractivity contribution in [1.82, 2.24) is 15.5 Å². The normalized spacial score (nSPS) is 11.1. The zero-order valence-electron chi connectivity index (χ0n) is 15.6. The molecule has 0 aromatic heterocycles. The van der Waals surface area contributed by atoms with Crippen LogP contribution in [0.4, 0.5) is 23.7 Å². The fourth-order valence-corrected chi connectivity index (χ4v) is 2.26. The molecule has 0 saturated heterocycles. The largest absolute Gasteiger partial charge is 0.495 e. The average molecular weight is 404 g/mol. The molecule has 0 radical (unpaired) electrons. The lowest BCUT2D eigenvalue weighted by molar-refractivity contribution is -0.125. The third kappa shape index (κ3) is 9.21. The van der Waals surface area contributed by atoms with Crippen molar-refractivity contribution in [1.29, 1.82) is 0 Å². The minimum Gasteiger partial charge on any atom is -0.495 e. The molecule has 0 unspecified atom stereocenters. The van der Waals surface area contributed by atoms with Crippen molar-refractivity contribution in [2.24, 2.45) is 0 Å². The summed E-state index contributed by atoms with van der Waals surface area (Å²) >= 11 is 0. The summed E-state index contributed by atoms with van der Waals surface area (Å²) in [6.45, 7) is 0.179. The third-order valence-electron chi connectivity index (χ3n) is 3.36. The second-order valence-electron chi connectivity index (χ2n) is 5.81. The Morgan fingerprint density at radius 3 is 2.36 bits per heavy atom. The van der Waals surface area contributed by atoms with Crippen molar-refractivity contribution < 1.29 is 32.3 Å². The predicted molar refractivity (Wildman–Crippen MR) is 96.0 cm³/mol. The van der Waals surface area contributed by atoms with Gasteiger partial charge in [0.1, 0.15) is 12.3 Å². The second kappa shape index (κ2) is 11.1. The molecule has 0 fully saturated rings. The number of halogens is 3. The van der Waals surface area contributed by atoms with Gasteiger partial charge in [-0.3, -0.25) is 19.8 Å². The van der Waals surface area contributed by atoms with Crippen LogP contribution in [0, 0.1) is 0 Å². The van der Waals surface area contributed by atoms with Crippen LogP contribution >= 0.6 is 0 Å². The number of para-hydroxylation sites is 2. The standard InChI is InChI=1S/C17H23F3N4O4/c1-3-8-24(10-15(26)23-16(27)21-11-17(18,19)20)9-14(25)22-12-6-4-5-7-13(12)28-2/h4-7H,3,8-11H2,1-2H3,(H,22,25)(H2,21,23,26,27). The van der Waals surface area contributed by atoms with E-state index in [1.54, 1.807) is 29.6 Å². The van der Waals surface area contributed by atoms with Gasteiger partial charge in [0.15, 0.2) is 0 Å². The Kier molecular flexibility index (Phi) is 9.22. The lowest BCUT2D eigenvalue weighted by Gasteiger charge is -2.20. The zero-order chi connectivity index (χ0) is 21.2. The minimum atomic E-state index is -4.58. The van der Waals surface area contributed by atoms with E-state index < -0.39 is 30.6 Å². The van der Waals surface area contributed by atoms with Gasteiger partial charge in [-0.15, -0.1) is 0 Å². The molecule has 28 heavy (non-hydrogen) atoms. The van der Waals surface area contributed by atoms with Crippen LogP contribution in [0.5, 0.6) is 5.75 Å². The first-order valence-electron chi connectivity index (χ1n) is 8.44. The minimum absolute atomic E-state index is 0.149. The van der Waals surface area contributed by atoms with E-state index in [4.69, 9.17) is 4.74 Å². The molecule has 11 heteroatoms. The number of nitrogens with zero attached hydrogens (tertiary/aromatic N) is 1. The lowest BCUT2D eigenvalue weighted by atomic mass is 10.3. The number of carbonyl (C=O) groups excluding carboxylic acids is 3. The molecule has 0 aliphatic heterocycles. The number of hydrogen-bond acceptors (Lipinski definition) is 5. The van der Waals surface area contributed by atoms with Crippen LogP contribution in [-0.2, 0) is 9.59 Å². The first-order valence-corrected chi connectivity index (χ1v) is 8.44. The Labute approximate surface area is 160 Å². The number of hydrogen-bond donors (Lipinski definition) is 3. The van der Waals surface area contributed by atoms with Crippen LogP contribution in [0.3, 0.4) is 0 Å². The predicted octanol–water partition coefficient (Wildman–Crippen LogP) is 1.73. The van der Waals surface area contributed by atoms with Crippen molar-refractivity contribution in [3.05, 3.63) is 24.3 Å². The molecular weight excluding hydrogens is 381 g/mol. The molecule has 3 N–H and O–H groups in total. The molecule has 0 aliphatic carbocycles. The van der Waals surface area contributed by atoms with Crippen LogP contribution in [-0.4, -0.2) is 62.2 Å². The molecule has 156 valence electrons. The first-order chi connectivity index (χ1) is 13.1. The van der Waals surface area contributed by atoms with Crippen LogP contribution in [0.25, 0.3) is 0 Å². The monoisotopic (exact) mass is 404 g/mol. The molecular formula is C17H23F3N4O4. The summed E-state index contributed by atoms with van der Waals surface area (Å²) in [5, 5.41) is 6.00. The lowest BCUT2D eigenvalue weighted by Crippen LogP contribution is -2.47. The summed E-state index contributed by atoms with van der Waals surface area (Å²) in [5.74, 6) is -0.762. The van der Waals surface area contributed by atoms with Crippen molar-refractivity contribution in [2.45, 2.75) is 19.5 Å². The summed E-state index contributed by atoms with van der Waals surface area (Å²) < 4.78 is 41.3. The molecule has 1 rings (SSSR count). The molecule has 0 spiro atoms. The van der Waals surface area contributed by atoms with Crippen molar-refractivity contribution >= 4 is 23.5 Å². The van der Waals surface area contributed by atoms with Crippen molar-refractivity contribution in [2.75, 3.05) is 38.6 Å². The molecule has 1 aromatic carbocycles. The molecule has 0 saturated carbocycles. The highest BCUT2D eigenvalue weighted by molar-refractivity contribution is 5.96. The molecule has 0 atom stereocenters. The maximum absolute atomic E-state index is 12.2. The average Bonchev–Trinajstić information content (AvgIpc) is 2.60. The number of anilines is 1. The van der Waals surface area contributed by atoms with Gasteiger partial charge in [0.25, 0.3) is 0 Å². The summed E-state index contributed by atoms with van der Waals surface area (Å²) in [6.07, 6.45) is -3.96. The number of nitrogens with one attached hydrogen (secondary N) is 3. The van der Waals surface area contributed by atoms with Crippen LogP contribution in [0.2, 0.25) is 0 Å². The van der Waals surface area contributed by atoms with Gasteiger partial charge in [0, 0.05) is 0 Å². The van der Waals surface area contributed by atoms with E-state index in [-0.39, 0.29) is 13.1 Å². The van der Waals surface area contributed by atoms with Crippen molar-refractivity contribution in [3.8, 4) is 5.75 Å². The molecule has 0 aliphatic rings. The van der Waals surface area contributed by atoms with Gasteiger partial charge in [-0.1, -0.05) is 19.1 Å². The van der Waals surface area contributed by atoms with Gasteiger partial charge in [-0.2, -0.15) is 13.2 Å². The number of imide groups is 1. The molecule has 4 amide bonds. The van der Waals surface area contributed by atoms with Crippen LogP contribution in [0.1, 0.15) is 13.3 Å². The van der Waals surface area contributed by atoms with E-state index in [9.17, 15) is 27.6 Å². The van der Waals surface area contributed by atoms with Gasteiger partial charge in [-0.25, -0.2) is 4.79 Å². The number of benzene rings is 1. The summed E-state index contributed by atoms with van der Waals surface area (Å²) in [6, 6.07) is 5.53. The molecule has 1 aromatic rings. The van der Waals surface area contributed by atoms with E-state index in [1.807, 2.05) is 6.92 Å². The number of amides is 4. The van der Waals surface area contributed by atoms with E-state index >= 15 is 0 Å². The third-order valence-corrected chi connectivity index (χ3v) is 3.36. The number of methoxy groups -OCH3 is 1. The van der Waals surface area contributed by atoms with E-state index in [2.05, 4.69) is 5.32 Å². The Morgan fingerprint density at radius 1 is 1.11 bits per heavy atom. The number of ether oxygens (including phenoxy) is 1. The maximum atomic E-state index is 12.2. The number of alkyl halides is 3. The maximum Gasteiger partial charge on any atom is 0.405 e. The summed E-state index contributed by atoms with van der Waals surface area (Å²) in [4.78, 5) is 36.9. The summed E-state index contributed by atoms with van der Waals surface area (Å²) in [5.41, 5.74) is 0.461. The first kappa shape index (κ1) is 23.2. The van der Waals surface area contributed by atoms with Gasteiger partial charge in [0.05, 0.1) is 25.9 Å². The Bertz CT molecular complexity index is 683. The van der Waals surface area contributed by atoms with Gasteiger partial charge >= 0.3 is 12.2 Å². The topological polar surface area (TPSA) is 99.8 Å². The Hall–Kier alpha value is -2.82. The fourth-order valence-electron chi connectivity index (χ4n) is 2.26. The Balaban J connectivity index is 2.56. The number of rotatable bonds is 9. The fraction of sp³-hybridized carbons (Fsp3) is 0.471. The number of carbonyl (C=O) groups is 3. The van der Waals surface area contributed by atoms with E-state index in [0.29, 0.717) is 24.4 Å². The van der Waals surface area contributed by atoms with Gasteiger partial charge in [0.2, 0.25) is 11.8 Å². The molecule has 0 bridgehead atoms. The SMILES string of the molecule is CCCN(CC(=O)NC(=O)NCC(F)(F)F)CC(=O)Nc1ccccc1OC. The van der Waals surface area contributed by atoms with E-state index in [1.165, 1.54) is 17.3 Å². The molecule has 0 heterocycles. The number of urea groups is 1. The second-order valence-corrected chi connectivity index (χ2v) is 5.81. The van der Waals surface area contributed by atoms with Crippen LogP contribution < -0.4 is 20.7 Å². The quantitative estimate of drug-likeness (QED) is 0.582. The highest BCUT2D eigenvalue weighted by atomic mass is 19.4. The summed E-state index contributed by atoms with van der Waals surface area (Å²) in [7, 11) is 1.46. The van der Waals surface area contributed by atoms with Gasteiger partial charge in [-0.05, 0) is 25.1 Å². The van der Waals surface area contributed by atoms with Crippen LogP contribution in [0.15, 0.2) is 24.3 Å². The smallest absolute Gasteiger partial charge is 0.405 e. The Morgan fingerprint density at radius 2 is 1.75 bits per heavy atom. The highest BCUT2D eigenvalue weighted by Gasteiger charge is 2.28. The van der Waals surface area contributed by atoms with Gasteiger partial charge < -0.3 is 15.4 Å². The van der Waals surface area contributed by atoms with Crippen molar-refractivity contribution in [3.63, 3.8) is 0 Å². The zero-order valence-corrected chi connectivity index (χ0v) is 15.6.